The van der Waals surface area contributed by atoms with E-state index >= 15 is 0 Å². The van der Waals surface area contributed by atoms with Crippen molar-refractivity contribution in [2.75, 3.05) is 34.5 Å². The lowest BCUT2D eigenvalue weighted by atomic mass is 10.3. The molecule has 6 heteroatoms. The lowest BCUT2D eigenvalue weighted by Crippen LogP contribution is -2.55. The fourth-order valence-electron chi connectivity index (χ4n) is 1.66. The maximum absolute atomic E-state index is 5.81. The van der Waals surface area contributed by atoms with Crippen LogP contribution in [0.25, 0.3) is 0 Å². The molecular weight excluding hydrogens is 228 g/mol. The number of rotatable bonds is 9. The van der Waals surface area contributed by atoms with Crippen LogP contribution in [0.5, 0.6) is 0 Å². The van der Waals surface area contributed by atoms with Crippen LogP contribution >= 0.6 is 0 Å². The molecule has 2 atom stereocenters. The summed E-state index contributed by atoms with van der Waals surface area (Å²) in [5.74, 6) is 0. The van der Waals surface area contributed by atoms with Gasteiger partial charge in [0.2, 0.25) is 0 Å². The van der Waals surface area contributed by atoms with Crippen LogP contribution in [0.4, 0.5) is 0 Å². The molecule has 0 N–H and O–H groups in total. The molecule has 5 nitrogen and oxygen atoms in total. The third-order valence-corrected chi connectivity index (χ3v) is 5.64. The average molecular weight is 250 g/mol. The van der Waals surface area contributed by atoms with Crippen molar-refractivity contribution < 1.29 is 22.8 Å². The minimum atomic E-state index is -2.68. The Bertz CT molecular complexity index is 185. The summed E-state index contributed by atoms with van der Waals surface area (Å²) in [7, 11) is 2.15. The molecule has 0 amide bonds. The Balaban J connectivity index is 2.54. The van der Waals surface area contributed by atoms with E-state index in [4.69, 9.17) is 22.8 Å². The van der Waals surface area contributed by atoms with Gasteiger partial charge in [0, 0.05) is 21.3 Å². The molecule has 0 bridgehead atoms. The third kappa shape index (κ3) is 3.51. The summed E-state index contributed by atoms with van der Waals surface area (Å²) in [6, 6.07) is 0. The first-order valence-corrected chi connectivity index (χ1v) is 7.41. The van der Waals surface area contributed by atoms with Gasteiger partial charge < -0.3 is 22.8 Å². The van der Waals surface area contributed by atoms with Crippen LogP contribution in [0.2, 0.25) is 0 Å². The monoisotopic (exact) mass is 250 g/mol. The third-order valence-electron chi connectivity index (χ3n) is 2.68. The van der Waals surface area contributed by atoms with Crippen molar-refractivity contribution in [3.05, 3.63) is 0 Å². The molecule has 0 radical (unpaired) electrons. The van der Waals surface area contributed by atoms with Crippen molar-refractivity contribution in [2.45, 2.75) is 31.6 Å². The summed E-state index contributed by atoms with van der Waals surface area (Å²) in [5.41, 5.74) is -0.110. The Hall–Kier alpha value is 0.0169. The molecule has 0 aliphatic carbocycles. The second-order valence-corrected chi connectivity index (χ2v) is 6.86. The Morgan fingerprint density at radius 2 is 1.81 bits per heavy atom. The van der Waals surface area contributed by atoms with Crippen molar-refractivity contribution in [3.63, 3.8) is 0 Å². The van der Waals surface area contributed by atoms with Gasteiger partial charge in [0.15, 0.2) is 0 Å². The molecule has 0 aromatic rings. The van der Waals surface area contributed by atoms with Gasteiger partial charge in [-0.25, -0.2) is 0 Å². The highest BCUT2D eigenvalue weighted by atomic mass is 28.4. The highest BCUT2D eigenvalue weighted by Gasteiger charge is 2.48. The molecule has 1 aliphatic heterocycles. The van der Waals surface area contributed by atoms with E-state index in [9.17, 15) is 0 Å². The second kappa shape index (κ2) is 6.68. The molecule has 0 aromatic heterocycles. The largest absolute Gasteiger partial charge is 0.530 e. The summed E-state index contributed by atoms with van der Waals surface area (Å²) in [6.45, 7) is 3.49. The van der Waals surface area contributed by atoms with Gasteiger partial charge in [-0.15, -0.1) is 0 Å². The average Bonchev–Trinajstić information content (AvgIpc) is 3.12. The standard InChI is InChI=1S/C10H22O5Si/c1-5-6-10(15-8-9-7-14-9)16(11-2,12-3)13-4/h9-10H,5-8H2,1-4H3. The van der Waals surface area contributed by atoms with Crippen molar-refractivity contribution in [3.8, 4) is 0 Å². The molecule has 0 aromatic carbocycles. The van der Waals surface area contributed by atoms with E-state index in [0.29, 0.717) is 6.61 Å². The highest BCUT2D eigenvalue weighted by Crippen LogP contribution is 2.21. The zero-order valence-electron chi connectivity index (χ0n) is 10.5. The number of ether oxygens (including phenoxy) is 2. The van der Waals surface area contributed by atoms with Gasteiger partial charge in [0.25, 0.3) is 0 Å². The van der Waals surface area contributed by atoms with Gasteiger partial charge in [-0.05, 0) is 6.42 Å². The first-order chi connectivity index (χ1) is 7.72. The number of epoxide rings is 1. The molecule has 0 spiro atoms. The predicted molar refractivity (Wildman–Crippen MR) is 61.2 cm³/mol. The normalized spacial score (nSPS) is 22.1. The van der Waals surface area contributed by atoms with Gasteiger partial charge in [-0.1, -0.05) is 13.3 Å². The topological polar surface area (TPSA) is 49.5 Å². The lowest BCUT2D eigenvalue weighted by Gasteiger charge is -2.32. The zero-order valence-corrected chi connectivity index (χ0v) is 11.5. The number of hydrogen-bond donors (Lipinski definition) is 0. The van der Waals surface area contributed by atoms with Crippen LogP contribution in [-0.4, -0.2) is 55.2 Å². The van der Waals surface area contributed by atoms with Gasteiger partial charge in [-0.2, -0.15) is 0 Å². The Kier molecular flexibility index (Phi) is 5.88. The molecule has 16 heavy (non-hydrogen) atoms. The minimum absolute atomic E-state index is 0.110. The molecule has 96 valence electrons. The first kappa shape index (κ1) is 14.1. The quantitative estimate of drug-likeness (QED) is 0.451. The van der Waals surface area contributed by atoms with Crippen LogP contribution in [0, 0.1) is 0 Å². The van der Waals surface area contributed by atoms with Crippen LogP contribution < -0.4 is 0 Å². The van der Waals surface area contributed by atoms with E-state index in [-0.39, 0.29) is 11.8 Å². The maximum atomic E-state index is 5.81. The van der Waals surface area contributed by atoms with Gasteiger partial charge in [0.1, 0.15) is 11.8 Å². The Morgan fingerprint density at radius 1 is 1.25 bits per heavy atom. The summed E-state index contributed by atoms with van der Waals surface area (Å²) < 4.78 is 27.2. The van der Waals surface area contributed by atoms with Gasteiger partial charge >= 0.3 is 8.80 Å². The molecular formula is C10H22O5Si. The fraction of sp³-hybridized carbons (Fsp3) is 1.00. The summed E-state index contributed by atoms with van der Waals surface area (Å²) in [4.78, 5) is 0. The van der Waals surface area contributed by atoms with Crippen molar-refractivity contribution in [1.82, 2.24) is 0 Å². The smallest absolute Gasteiger partial charge is 0.375 e. The number of hydrogen-bond acceptors (Lipinski definition) is 5. The molecule has 1 aliphatic rings. The molecule has 1 fully saturated rings. The van der Waals surface area contributed by atoms with Crippen LogP contribution in [0.3, 0.4) is 0 Å². The van der Waals surface area contributed by atoms with Gasteiger partial charge in [0.05, 0.1) is 13.2 Å². The Labute approximate surface area is 98.3 Å². The van der Waals surface area contributed by atoms with E-state index in [1.165, 1.54) is 0 Å². The lowest BCUT2D eigenvalue weighted by molar-refractivity contribution is 0.00419. The van der Waals surface area contributed by atoms with E-state index in [2.05, 4.69) is 6.92 Å². The summed E-state index contributed by atoms with van der Waals surface area (Å²) in [6.07, 6.45) is 2.12. The SMILES string of the molecule is CCCC(OCC1CO1)[Si](OC)(OC)OC. The molecule has 2 unspecified atom stereocenters. The second-order valence-electron chi connectivity index (χ2n) is 3.78. The maximum Gasteiger partial charge on any atom is 0.530 e. The van der Waals surface area contributed by atoms with Crippen LogP contribution in [-0.2, 0) is 22.8 Å². The first-order valence-electron chi connectivity index (χ1n) is 5.61. The van der Waals surface area contributed by atoms with Crippen molar-refractivity contribution >= 4 is 8.80 Å². The summed E-state index contributed by atoms with van der Waals surface area (Å²) in [5, 5.41) is 0. The Morgan fingerprint density at radius 3 is 2.19 bits per heavy atom. The van der Waals surface area contributed by atoms with Crippen LogP contribution in [0.1, 0.15) is 19.8 Å². The zero-order chi connectivity index (χ0) is 12.0. The minimum Gasteiger partial charge on any atom is -0.375 e. The molecule has 0 saturated carbocycles. The van der Waals surface area contributed by atoms with Gasteiger partial charge in [-0.3, -0.25) is 0 Å². The molecule has 1 saturated heterocycles. The van der Waals surface area contributed by atoms with E-state index in [0.717, 1.165) is 19.4 Å². The summed E-state index contributed by atoms with van der Waals surface area (Å²) >= 11 is 0. The molecule has 1 rings (SSSR count). The molecule has 1 heterocycles. The van der Waals surface area contributed by atoms with E-state index in [1.807, 2.05) is 0 Å². The fourth-order valence-corrected chi connectivity index (χ4v) is 3.89. The van der Waals surface area contributed by atoms with Crippen molar-refractivity contribution in [2.24, 2.45) is 0 Å². The van der Waals surface area contributed by atoms with E-state index in [1.54, 1.807) is 21.3 Å². The van der Waals surface area contributed by atoms with E-state index < -0.39 is 8.80 Å². The highest BCUT2D eigenvalue weighted by molar-refractivity contribution is 6.62. The van der Waals surface area contributed by atoms with Crippen LogP contribution in [0.15, 0.2) is 0 Å². The van der Waals surface area contributed by atoms with Crippen molar-refractivity contribution in [1.29, 1.82) is 0 Å². The predicted octanol–water partition coefficient (Wildman–Crippen LogP) is 0.988.